The van der Waals surface area contributed by atoms with Crippen molar-refractivity contribution in [2.24, 2.45) is 16.5 Å². The summed E-state index contributed by atoms with van der Waals surface area (Å²) in [6.07, 6.45) is 5.80. The highest BCUT2D eigenvalue weighted by molar-refractivity contribution is 6.35. The highest BCUT2D eigenvalue weighted by Crippen LogP contribution is 2.10. The number of hydrogen-bond acceptors (Lipinski definition) is 8. The molecule has 0 aromatic rings. The lowest BCUT2D eigenvalue weighted by Crippen LogP contribution is -2.50. The number of nitrogens with two attached hydrogens (primary N) is 2. The summed E-state index contributed by atoms with van der Waals surface area (Å²) >= 11 is 0. The van der Waals surface area contributed by atoms with Crippen LogP contribution in [0.25, 0.3) is 0 Å². The van der Waals surface area contributed by atoms with Gasteiger partial charge in [0.25, 0.3) is 5.78 Å². The van der Waals surface area contributed by atoms with Crippen LogP contribution >= 0.6 is 0 Å². The van der Waals surface area contributed by atoms with Crippen molar-refractivity contribution in [2.75, 3.05) is 52.4 Å². The van der Waals surface area contributed by atoms with Crippen LogP contribution in [0.3, 0.4) is 0 Å². The molecule has 192 valence electrons. The lowest BCUT2D eigenvalue weighted by atomic mass is 10.1. The van der Waals surface area contributed by atoms with Gasteiger partial charge >= 0.3 is 5.97 Å². The smallest absolute Gasteiger partial charge is 0.376 e. The van der Waals surface area contributed by atoms with Gasteiger partial charge in [0, 0.05) is 39.3 Å². The van der Waals surface area contributed by atoms with E-state index >= 15 is 0 Å². The number of nitrogens with zero attached hydrogens (tertiary/aromatic N) is 3. The number of carbonyl (C=O) groups is 2. The first kappa shape index (κ1) is 29.3. The number of carbonyl (C=O) groups excluding carboxylic acids is 2. The first-order chi connectivity index (χ1) is 15.6. The van der Waals surface area contributed by atoms with E-state index in [4.69, 9.17) is 16.2 Å². The number of esters is 1. The molecule has 0 aromatic heterocycles. The highest BCUT2D eigenvalue weighted by atomic mass is 16.6. The Morgan fingerprint density at radius 2 is 1.61 bits per heavy atom. The number of aliphatic imine (C=N–C) groups is 1. The molecular formula is C23H47N7O3. The Morgan fingerprint density at radius 1 is 1.00 bits per heavy atom. The topological polar surface area (TPSA) is 138 Å². The summed E-state index contributed by atoms with van der Waals surface area (Å²) in [6, 6.07) is -0.694. The molecule has 1 heterocycles. The maximum Gasteiger partial charge on any atom is 0.376 e. The van der Waals surface area contributed by atoms with Gasteiger partial charge in [0.1, 0.15) is 5.60 Å². The van der Waals surface area contributed by atoms with Gasteiger partial charge in [-0.05, 0) is 59.5 Å². The minimum atomic E-state index is -0.833. The Labute approximate surface area is 199 Å². The number of guanidine groups is 1. The number of piperazine rings is 1. The van der Waals surface area contributed by atoms with E-state index in [9.17, 15) is 9.59 Å². The average molecular weight is 470 g/mol. The van der Waals surface area contributed by atoms with E-state index in [1.54, 1.807) is 20.8 Å². The lowest BCUT2D eigenvalue weighted by Gasteiger charge is -2.34. The van der Waals surface area contributed by atoms with Crippen molar-refractivity contribution in [3.63, 3.8) is 0 Å². The van der Waals surface area contributed by atoms with Gasteiger partial charge in [0.2, 0.25) is 0 Å². The lowest BCUT2D eigenvalue weighted by molar-refractivity contribution is -0.163. The van der Waals surface area contributed by atoms with E-state index in [2.05, 4.69) is 32.6 Å². The van der Waals surface area contributed by atoms with Crippen molar-refractivity contribution >= 4 is 17.7 Å². The summed E-state index contributed by atoms with van der Waals surface area (Å²) in [4.78, 5) is 33.8. The second-order valence-corrected chi connectivity index (χ2v) is 9.68. The first-order valence-corrected chi connectivity index (χ1v) is 12.4. The second kappa shape index (κ2) is 16.0. The molecule has 0 amide bonds. The molecule has 0 radical (unpaired) electrons. The Bertz CT molecular complexity index is 595. The Balaban J connectivity index is 2.35. The van der Waals surface area contributed by atoms with Crippen LogP contribution in [0.2, 0.25) is 0 Å². The monoisotopic (exact) mass is 469 g/mol. The van der Waals surface area contributed by atoms with E-state index in [0.29, 0.717) is 25.9 Å². The normalized spacial score (nSPS) is 16.4. The van der Waals surface area contributed by atoms with Crippen LogP contribution in [0.5, 0.6) is 0 Å². The standard InChI is InChI=1S/C23H47N7O3/c1-5-6-7-13-29-15-17-30(18-16-29)14-9-12-27-28-19(10-8-11-26-22(24)25)20(31)21(32)33-23(2,3)4/h19,27-28H,5-18H2,1-4H3,(H4,24,25,26)/t19-/m0/s1. The van der Waals surface area contributed by atoms with Gasteiger partial charge in [-0.2, -0.15) is 0 Å². The van der Waals surface area contributed by atoms with Crippen LogP contribution in [-0.4, -0.2) is 91.5 Å². The van der Waals surface area contributed by atoms with Gasteiger partial charge in [-0.25, -0.2) is 10.2 Å². The third-order valence-electron chi connectivity index (χ3n) is 5.46. The fourth-order valence-corrected chi connectivity index (χ4v) is 3.65. The quantitative estimate of drug-likeness (QED) is 0.0639. The second-order valence-electron chi connectivity index (χ2n) is 9.68. The molecule has 10 nitrogen and oxygen atoms in total. The van der Waals surface area contributed by atoms with Crippen molar-refractivity contribution < 1.29 is 14.3 Å². The van der Waals surface area contributed by atoms with Gasteiger partial charge in [-0.1, -0.05) is 19.8 Å². The number of hydrogen-bond donors (Lipinski definition) is 4. The summed E-state index contributed by atoms with van der Waals surface area (Å²) in [5.41, 5.74) is 16.1. The summed E-state index contributed by atoms with van der Waals surface area (Å²) in [5.74, 6) is -1.42. The molecule has 10 heteroatoms. The molecule has 1 atom stereocenters. The van der Waals surface area contributed by atoms with Gasteiger partial charge in [-0.15, -0.1) is 0 Å². The van der Waals surface area contributed by atoms with Crippen molar-refractivity contribution in [2.45, 2.75) is 77.9 Å². The van der Waals surface area contributed by atoms with E-state index in [0.717, 1.165) is 39.1 Å². The molecule has 0 saturated carbocycles. The average Bonchev–Trinajstić information content (AvgIpc) is 2.74. The van der Waals surface area contributed by atoms with Gasteiger partial charge in [0.05, 0.1) is 6.04 Å². The van der Waals surface area contributed by atoms with Gasteiger partial charge < -0.3 is 26.0 Å². The van der Waals surface area contributed by atoms with Crippen LogP contribution < -0.4 is 22.3 Å². The fraction of sp³-hybridized carbons (Fsp3) is 0.870. The zero-order chi connectivity index (χ0) is 24.7. The summed E-state index contributed by atoms with van der Waals surface area (Å²) < 4.78 is 5.24. The third kappa shape index (κ3) is 14.2. The molecular weight excluding hydrogens is 422 g/mol. The van der Waals surface area contributed by atoms with Crippen molar-refractivity contribution in [1.82, 2.24) is 20.7 Å². The molecule has 0 aromatic carbocycles. The molecule has 1 fully saturated rings. The number of rotatable bonds is 16. The number of nitrogens with one attached hydrogen (secondary N) is 2. The van der Waals surface area contributed by atoms with E-state index in [1.807, 2.05) is 0 Å². The van der Waals surface area contributed by atoms with Crippen LogP contribution in [-0.2, 0) is 14.3 Å². The van der Waals surface area contributed by atoms with Crippen molar-refractivity contribution in [3.05, 3.63) is 0 Å². The maximum atomic E-state index is 12.6. The minimum absolute atomic E-state index is 0.0119. The molecule has 1 aliphatic heterocycles. The Morgan fingerprint density at radius 3 is 2.15 bits per heavy atom. The molecule has 33 heavy (non-hydrogen) atoms. The highest BCUT2D eigenvalue weighted by Gasteiger charge is 2.29. The molecule has 1 saturated heterocycles. The Kier molecular flexibility index (Phi) is 14.2. The summed E-state index contributed by atoms with van der Waals surface area (Å²) in [7, 11) is 0. The Hall–Kier alpha value is -1.75. The predicted molar refractivity (Wildman–Crippen MR) is 133 cm³/mol. The number of unbranched alkanes of at least 4 members (excludes halogenated alkanes) is 2. The summed E-state index contributed by atoms with van der Waals surface area (Å²) in [5, 5.41) is 0. The fourth-order valence-electron chi connectivity index (χ4n) is 3.65. The third-order valence-corrected chi connectivity index (χ3v) is 5.46. The number of hydrazine groups is 1. The predicted octanol–water partition coefficient (Wildman–Crippen LogP) is 0.612. The molecule has 1 rings (SSSR count). The number of Topliss-reactive ketones (excluding diaryl/α,β-unsaturated/α-hetero) is 1. The van der Waals surface area contributed by atoms with Gasteiger partial charge in [-0.3, -0.25) is 15.2 Å². The van der Waals surface area contributed by atoms with Crippen LogP contribution in [0, 0.1) is 0 Å². The van der Waals surface area contributed by atoms with Crippen LogP contribution in [0.15, 0.2) is 4.99 Å². The SMILES string of the molecule is CCCCCN1CCN(CCCNN[C@@H](CCCN=C(N)N)C(=O)C(=O)OC(C)(C)C)CC1. The zero-order valence-electron chi connectivity index (χ0n) is 21.2. The number of ether oxygens (including phenoxy) is 1. The first-order valence-electron chi connectivity index (χ1n) is 12.4. The zero-order valence-corrected chi connectivity index (χ0v) is 21.2. The molecule has 1 aliphatic rings. The maximum absolute atomic E-state index is 12.6. The van der Waals surface area contributed by atoms with Crippen molar-refractivity contribution in [1.29, 1.82) is 0 Å². The van der Waals surface area contributed by atoms with Crippen molar-refractivity contribution in [3.8, 4) is 0 Å². The molecule has 0 unspecified atom stereocenters. The number of ketones is 1. The largest absolute Gasteiger partial charge is 0.454 e. The van der Waals surface area contributed by atoms with Crippen LogP contribution in [0.4, 0.5) is 0 Å². The van der Waals surface area contributed by atoms with E-state index in [-0.39, 0.29) is 5.96 Å². The molecule has 6 N–H and O–H groups in total. The van der Waals surface area contributed by atoms with Crippen LogP contribution in [0.1, 0.15) is 66.2 Å². The van der Waals surface area contributed by atoms with Gasteiger partial charge in [0.15, 0.2) is 5.96 Å². The van der Waals surface area contributed by atoms with E-state index < -0.39 is 23.4 Å². The molecule has 0 aliphatic carbocycles. The minimum Gasteiger partial charge on any atom is -0.454 e. The van der Waals surface area contributed by atoms with E-state index in [1.165, 1.54) is 25.8 Å². The molecule has 0 spiro atoms. The molecule has 0 bridgehead atoms. The summed E-state index contributed by atoms with van der Waals surface area (Å²) in [6.45, 7) is 15.2.